The molecule has 110 valence electrons. The summed E-state index contributed by atoms with van der Waals surface area (Å²) in [7, 11) is 0. The number of nitrogen functional groups attached to an aromatic ring is 1. The molecular weight excluding hydrogens is 266 g/mol. The maximum Gasteiger partial charge on any atom is 0.312 e. The van der Waals surface area contributed by atoms with Gasteiger partial charge < -0.3 is 32.1 Å². The predicted molar refractivity (Wildman–Crippen MR) is 73.3 cm³/mol. The number of amides is 2. The van der Waals surface area contributed by atoms with Crippen molar-refractivity contribution in [3.63, 3.8) is 0 Å². The molecule has 1 aromatic heterocycles. The van der Waals surface area contributed by atoms with Crippen LogP contribution < -0.4 is 32.6 Å². The van der Waals surface area contributed by atoms with E-state index in [9.17, 15) is 9.59 Å². The number of nitrogens with one attached hydrogen (secondary N) is 3. The molecule has 0 radical (unpaired) electrons. The molecule has 2 heterocycles. The van der Waals surface area contributed by atoms with Gasteiger partial charge in [0.05, 0.1) is 12.7 Å². The number of hydrogen-bond acceptors (Lipinski definition) is 7. The number of carbonyl (C=O) groups is 1. The first kappa shape index (κ1) is 13.9. The molecule has 1 atom stereocenters. The van der Waals surface area contributed by atoms with Crippen molar-refractivity contribution in [3.8, 4) is 0 Å². The van der Waals surface area contributed by atoms with Gasteiger partial charge in [0.2, 0.25) is 5.95 Å². The molecule has 20 heavy (non-hydrogen) atoms. The Morgan fingerprint density at radius 3 is 3.00 bits per heavy atom. The van der Waals surface area contributed by atoms with Gasteiger partial charge in [-0.3, -0.25) is 9.78 Å². The summed E-state index contributed by atoms with van der Waals surface area (Å²) in [4.78, 5) is 30.8. The van der Waals surface area contributed by atoms with Crippen molar-refractivity contribution in [2.24, 2.45) is 5.73 Å². The van der Waals surface area contributed by atoms with E-state index in [-0.39, 0.29) is 24.2 Å². The third-order valence-electron chi connectivity index (χ3n) is 2.93. The predicted octanol–water partition coefficient (Wildman–Crippen LogP) is -2.04. The zero-order valence-electron chi connectivity index (χ0n) is 10.7. The number of hydrogen-bond donors (Lipinski definition) is 6. The molecule has 8 N–H and O–H groups in total. The van der Waals surface area contributed by atoms with Crippen LogP contribution in [0, 0.1) is 0 Å². The number of aliphatic hydroxyl groups excluding tert-OH is 1. The number of carbonyl (C=O) groups excluding carboxylic acids is 1. The van der Waals surface area contributed by atoms with Gasteiger partial charge in [-0.2, -0.15) is 4.98 Å². The number of urea groups is 1. The van der Waals surface area contributed by atoms with E-state index in [4.69, 9.17) is 16.6 Å². The quantitative estimate of drug-likeness (QED) is 0.362. The summed E-state index contributed by atoms with van der Waals surface area (Å²) >= 11 is 0. The first-order valence-electron chi connectivity index (χ1n) is 6.06. The highest BCUT2D eigenvalue weighted by atomic mass is 16.3. The monoisotopic (exact) mass is 283 g/mol. The van der Waals surface area contributed by atoms with Gasteiger partial charge in [0.1, 0.15) is 5.69 Å². The van der Waals surface area contributed by atoms with E-state index in [1.54, 1.807) is 4.90 Å². The lowest BCUT2D eigenvalue weighted by Gasteiger charge is -2.24. The number of nitrogens with zero attached hydrogens (tertiary/aromatic N) is 2. The zero-order chi connectivity index (χ0) is 14.7. The lowest BCUT2D eigenvalue weighted by molar-refractivity contribution is 0.236. The lowest BCUT2D eigenvalue weighted by Crippen LogP contribution is -2.46. The summed E-state index contributed by atoms with van der Waals surface area (Å²) in [5.74, 6) is 0.435. The second-order valence-electron chi connectivity index (χ2n) is 4.42. The van der Waals surface area contributed by atoms with Crippen LogP contribution in [0.1, 0.15) is 6.42 Å². The zero-order valence-corrected chi connectivity index (χ0v) is 10.7. The molecule has 0 bridgehead atoms. The summed E-state index contributed by atoms with van der Waals surface area (Å²) in [6, 6.07) is -1.03. The van der Waals surface area contributed by atoms with Crippen LogP contribution in [0.2, 0.25) is 0 Å². The minimum Gasteiger partial charge on any atom is -0.396 e. The Morgan fingerprint density at radius 1 is 1.60 bits per heavy atom. The van der Waals surface area contributed by atoms with Crippen molar-refractivity contribution in [2.45, 2.75) is 12.5 Å². The average Bonchev–Trinajstić information content (AvgIpc) is 2.72. The van der Waals surface area contributed by atoms with E-state index in [0.29, 0.717) is 31.1 Å². The van der Waals surface area contributed by atoms with E-state index in [1.807, 2.05) is 0 Å². The fourth-order valence-corrected chi connectivity index (χ4v) is 2.10. The molecule has 1 unspecified atom stereocenters. The number of primary amides is 1. The summed E-state index contributed by atoms with van der Waals surface area (Å²) in [6.45, 7) is 0.612. The number of anilines is 3. The van der Waals surface area contributed by atoms with Crippen LogP contribution >= 0.6 is 0 Å². The number of fused-ring (bicyclic) bond motifs is 1. The van der Waals surface area contributed by atoms with Crippen LogP contribution in [-0.4, -0.2) is 47.0 Å². The molecule has 0 saturated carbocycles. The van der Waals surface area contributed by atoms with Crippen LogP contribution in [-0.2, 0) is 0 Å². The van der Waals surface area contributed by atoms with Crippen molar-refractivity contribution in [1.82, 2.24) is 15.3 Å². The third-order valence-corrected chi connectivity index (χ3v) is 2.93. The maximum atomic E-state index is 11.7. The molecule has 10 nitrogen and oxygen atoms in total. The van der Waals surface area contributed by atoms with E-state index in [2.05, 4.69) is 20.6 Å². The van der Waals surface area contributed by atoms with Crippen LogP contribution in [0.3, 0.4) is 0 Å². The van der Waals surface area contributed by atoms with Crippen molar-refractivity contribution in [2.75, 3.05) is 35.8 Å². The molecular formula is C10H17N7O3. The second kappa shape index (κ2) is 5.65. The van der Waals surface area contributed by atoms with E-state index in [1.165, 1.54) is 0 Å². The maximum absolute atomic E-state index is 11.7. The first-order chi connectivity index (χ1) is 9.51. The molecule has 2 amide bonds. The highest BCUT2D eigenvalue weighted by Gasteiger charge is 2.26. The van der Waals surface area contributed by atoms with Crippen molar-refractivity contribution < 1.29 is 9.90 Å². The van der Waals surface area contributed by atoms with Gasteiger partial charge in [0.25, 0.3) is 5.56 Å². The highest BCUT2D eigenvalue weighted by Crippen LogP contribution is 2.25. The molecule has 0 saturated heterocycles. The van der Waals surface area contributed by atoms with Gasteiger partial charge in [-0.05, 0) is 6.42 Å². The minimum absolute atomic E-state index is 0.0176. The largest absolute Gasteiger partial charge is 0.396 e. The molecule has 0 spiro atoms. The van der Waals surface area contributed by atoms with Gasteiger partial charge in [0.15, 0.2) is 5.82 Å². The molecule has 1 aliphatic rings. The van der Waals surface area contributed by atoms with E-state index < -0.39 is 6.03 Å². The first-order valence-corrected chi connectivity index (χ1v) is 6.06. The average molecular weight is 283 g/mol. The number of aromatic amines is 1. The normalized spacial score (nSPS) is 14.6. The third kappa shape index (κ3) is 2.91. The van der Waals surface area contributed by atoms with Crippen LogP contribution in [0.5, 0.6) is 0 Å². The summed E-state index contributed by atoms with van der Waals surface area (Å²) in [6.07, 6.45) is 0.341. The summed E-state index contributed by atoms with van der Waals surface area (Å²) in [5.41, 5.74) is 10.6. The highest BCUT2D eigenvalue weighted by molar-refractivity contribution is 5.73. The van der Waals surface area contributed by atoms with E-state index >= 15 is 0 Å². The van der Waals surface area contributed by atoms with Gasteiger partial charge in [-0.1, -0.05) is 0 Å². The minimum atomic E-state index is -0.672. The number of aromatic nitrogens is 2. The van der Waals surface area contributed by atoms with Crippen molar-refractivity contribution in [3.05, 3.63) is 10.4 Å². The molecule has 0 aliphatic carbocycles. The van der Waals surface area contributed by atoms with Gasteiger partial charge in [-0.25, -0.2) is 4.79 Å². The van der Waals surface area contributed by atoms with Crippen molar-refractivity contribution >= 4 is 23.5 Å². The molecule has 0 fully saturated rings. The van der Waals surface area contributed by atoms with Crippen LogP contribution in [0.4, 0.5) is 22.2 Å². The van der Waals surface area contributed by atoms with Gasteiger partial charge in [-0.15, -0.1) is 0 Å². The number of rotatable bonds is 5. The molecule has 1 aromatic rings. The standard InChI is InChI=1S/C10H17N7O3/c11-9-15-7-6(8(19)16-9)13-4-17(7)3-5(1-2-18)14-10(12)20/h5,13,18H,1-4H2,(H3,12,14,20)(H3,11,15,16,19). The fourth-order valence-electron chi connectivity index (χ4n) is 2.10. The Balaban J connectivity index is 2.16. The number of nitrogens with two attached hydrogens (primary N) is 2. The fraction of sp³-hybridized carbons (Fsp3) is 0.500. The van der Waals surface area contributed by atoms with Crippen molar-refractivity contribution in [1.29, 1.82) is 0 Å². The summed E-state index contributed by atoms with van der Waals surface area (Å²) < 4.78 is 0. The molecule has 2 rings (SSSR count). The Kier molecular flexibility index (Phi) is 3.94. The van der Waals surface area contributed by atoms with Gasteiger partial charge in [0, 0.05) is 13.2 Å². The Bertz CT molecular complexity index is 558. The number of H-pyrrole nitrogens is 1. The Morgan fingerprint density at radius 2 is 2.35 bits per heavy atom. The van der Waals surface area contributed by atoms with Crippen LogP contribution in [0.25, 0.3) is 0 Å². The Hall–Kier alpha value is -2.49. The topological polar surface area (TPSA) is 162 Å². The second-order valence-corrected chi connectivity index (χ2v) is 4.42. The lowest BCUT2D eigenvalue weighted by atomic mass is 10.2. The Labute approximate surface area is 114 Å². The van der Waals surface area contributed by atoms with E-state index in [0.717, 1.165) is 0 Å². The van der Waals surface area contributed by atoms with Gasteiger partial charge >= 0.3 is 6.03 Å². The molecule has 1 aliphatic heterocycles. The smallest absolute Gasteiger partial charge is 0.312 e. The SMILES string of the molecule is NC(=O)NC(CCO)CN1CNc2c1nc(N)[nH]c2=O. The molecule has 10 heteroatoms. The number of aliphatic hydroxyl groups is 1. The van der Waals surface area contributed by atoms with Crippen LogP contribution in [0.15, 0.2) is 4.79 Å². The summed E-state index contributed by atoms with van der Waals surface area (Å²) in [5, 5.41) is 14.4. The molecule has 0 aromatic carbocycles.